The maximum Gasteiger partial charge on any atom is 0.257 e. The molecule has 0 bridgehead atoms. The summed E-state index contributed by atoms with van der Waals surface area (Å²) >= 11 is 0. The maximum atomic E-state index is 12.8. The summed E-state index contributed by atoms with van der Waals surface area (Å²) in [6, 6.07) is 5.65. The molecule has 0 aliphatic carbocycles. The number of pyridine rings is 1. The summed E-state index contributed by atoms with van der Waals surface area (Å²) in [5, 5.41) is 0. The molecule has 0 unspecified atom stereocenters. The normalized spacial score (nSPS) is 20.5. The van der Waals surface area contributed by atoms with E-state index in [-0.39, 0.29) is 18.1 Å². The molecule has 3 heterocycles. The second kappa shape index (κ2) is 8.08. The van der Waals surface area contributed by atoms with Gasteiger partial charge in [-0.3, -0.25) is 9.78 Å². The van der Waals surface area contributed by atoms with Gasteiger partial charge in [0.15, 0.2) is 0 Å². The van der Waals surface area contributed by atoms with Gasteiger partial charge < -0.3 is 18.8 Å². The van der Waals surface area contributed by atoms with Gasteiger partial charge in [-0.15, -0.1) is 0 Å². The molecule has 1 aliphatic heterocycles. The Bertz CT molecular complexity index is 630. The van der Waals surface area contributed by atoms with Crippen LogP contribution in [0.4, 0.5) is 0 Å². The van der Waals surface area contributed by atoms with Gasteiger partial charge in [0.25, 0.3) is 5.91 Å². The van der Waals surface area contributed by atoms with Gasteiger partial charge in [-0.25, -0.2) is 0 Å². The van der Waals surface area contributed by atoms with E-state index in [0.29, 0.717) is 25.3 Å². The zero-order valence-electron chi connectivity index (χ0n) is 13.8. The number of furan rings is 1. The lowest BCUT2D eigenvalue weighted by atomic mass is 10.0. The third kappa shape index (κ3) is 3.83. The molecule has 3 rings (SSSR count). The van der Waals surface area contributed by atoms with Crippen molar-refractivity contribution in [3.63, 3.8) is 0 Å². The van der Waals surface area contributed by atoms with E-state index in [1.165, 1.54) is 12.5 Å². The lowest BCUT2D eigenvalue weighted by Gasteiger charge is -2.28. The summed E-state index contributed by atoms with van der Waals surface area (Å²) in [4.78, 5) is 18.7. The Labute approximate surface area is 141 Å². The van der Waals surface area contributed by atoms with Gasteiger partial charge >= 0.3 is 0 Å². The first-order valence-corrected chi connectivity index (χ1v) is 8.12. The molecule has 0 radical (unpaired) electrons. The summed E-state index contributed by atoms with van der Waals surface area (Å²) in [6.45, 7) is 1.76. The highest BCUT2D eigenvalue weighted by molar-refractivity contribution is 5.94. The van der Waals surface area contributed by atoms with Crippen LogP contribution in [0.15, 0.2) is 47.5 Å². The van der Waals surface area contributed by atoms with Gasteiger partial charge in [-0.1, -0.05) is 0 Å². The third-order valence-electron chi connectivity index (χ3n) is 4.33. The number of likely N-dealkylation sites (tertiary alicyclic amines) is 1. The highest BCUT2D eigenvalue weighted by atomic mass is 16.5. The second-order valence-corrected chi connectivity index (χ2v) is 5.83. The van der Waals surface area contributed by atoms with Crippen LogP contribution < -0.4 is 0 Å². The van der Waals surface area contributed by atoms with Crippen molar-refractivity contribution in [3.05, 3.63) is 54.2 Å². The summed E-state index contributed by atoms with van der Waals surface area (Å²) < 4.78 is 16.1. The first-order chi connectivity index (χ1) is 11.8. The molecule has 2 aromatic rings. The minimum Gasteiger partial charge on any atom is -0.472 e. The summed E-state index contributed by atoms with van der Waals surface area (Å²) in [5.74, 6) is -0.0133. The summed E-state index contributed by atoms with van der Waals surface area (Å²) in [7, 11) is 1.65. The van der Waals surface area contributed by atoms with E-state index in [0.717, 1.165) is 18.4 Å². The standard InChI is InChI=1S/C18H22N2O4/c1-22-10-11-24-17-4-8-20(18(21)15-5-9-23-13-15)16(17)12-14-2-6-19-7-3-14/h2-3,5-7,9,13,16-17H,4,8,10-12H2,1H3/t16-,17-/m0/s1. The molecule has 1 fully saturated rings. The van der Waals surface area contributed by atoms with Gasteiger partial charge in [0.2, 0.25) is 0 Å². The van der Waals surface area contributed by atoms with Crippen LogP contribution in [0.3, 0.4) is 0 Å². The number of hydrogen-bond acceptors (Lipinski definition) is 5. The third-order valence-corrected chi connectivity index (χ3v) is 4.33. The zero-order chi connectivity index (χ0) is 16.8. The molecular weight excluding hydrogens is 308 g/mol. The number of aromatic nitrogens is 1. The monoisotopic (exact) mass is 330 g/mol. The number of amides is 1. The van der Waals surface area contributed by atoms with Crippen molar-refractivity contribution in [2.24, 2.45) is 0 Å². The van der Waals surface area contributed by atoms with Crippen molar-refractivity contribution in [1.82, 2.24) is 9.88 Å². The van der Waals surface area contributed by atoms with Crippen LogP contribution in [0, 0.1) is 0 Å². The van der Waals surface area contributed by atoms with Crippen LogP contribution in [-0.2, 0) is 15.9 Å². The lowest BCUT2D eigenvalue weighted by molar-refractivity contribution is 0.000483. The average molecular weight is 330 g/mol. The van der Waals surface area contributed by atoms with Gasteiger partial charge in [0.05, 0.1) is 37.2 Å². The van der Waals surface area contributed by atoms with E-state index < -0.39 is 0 Å². The quantitative estimate of drug-likeness (QED) is 0.728. The zero-order valence-corrected chi connectivity index (χ0v) is 13.8. The van der Waals surface area contributed by atoms with E-state index in [9.17, 15) is 4.79 Å². The van der Waals surface area contributed by atoms with Gasteiger partial charge in [0.1, 0.15) is 6.26 Å². The average Bonchev–Trinajstić information content (AvgIpc) is 3.26. The van der Waals surface area contributed by atoms with Gasteiger partial charge in [0, 0.05) is 26.0 Å². The fourth-order valence-corrected chi connectivity index (χ4v) is 3.11. The highest BCUT2D eigenvalue weighted by Crippen LogP contribution is 2.26. The van der Waals surface area contributed by atoms with Gasteiger partial charge in [-0.05, 0) is 36.6 Å². The van der Waals surface area contributed by atoms with Crippen LogP contribution in [-0.4, -0.2) is 54.8 Å². The molecule has 0 aromatic carbocycles. The van der Waals surface area contributed by atoms with Crippen molar-refractivity contribution < 1.29 is 18.7 Å². The first-order valence-electron chi connectivity index (χ1n) is 8.12. The van der Waals surface area contributed by atoms with Crippen molar-refractivity contribution in [2.45, 2.75) is 25.0 Å². The van der Waals surface area contributed by atoms with Crippen molar-refractivity contribution in [3.8, 4) is 0 Å². The molecule has 1 amide bonds. The SMILES string of the molecule is COCCO[C@H]1CCN(C(=O)c2ccoc2)[C@H]1Cc1ccncc1. The fourth-order valence-electron chi connectivity index (χ4n) is 3.11. The largest absolute Gasteiger partial charge is 0.472 e. The first kappa shape index (κ1) is 16.7. The number of methoxy groups -OCH3 is 1. The molecule has 2 atom stereocenters. The molecule has 0 saturated carbocycles. The van der Waals surface area contributed by atoms with E-state index in [4.69, 9.17) is 13.9 Å². The van der Waals surface area contributed by atoms with Crippen molar-refractivity contribution in [2.75, 3.05) is 26.9 Å². The van der Waals surface area contributed by atoms with E-state index >= 15 is 0 Å². The molecule has 1 aliphatic rings. The number of rotatable bonds is 7. The van der Waals surface area contributed by atoms with Crippen LogP contribution in [0.2, 0.25) is 0 Å². The number of nitrogens with zero attached hydrogens (tertiary/aromatic N) is 2. The van der Waals surface area contributed by atoms with Crippen molar-refractivity contribution >= 4 is 5.91 Å². The van der Waals surface area contributed by atoms with Gasteiger partial charge in [-0.2, -0.15) is 0 Å². The highest BCUT2D eigenvalue weighted by Gasteiger charge is 2.38. The Hall–Kier alpha value is -2.18. The van der Waals surface area contributed by atoms with Crippen LogP contribution >= 0.6 is 0 Å². The minimum atomic E-state index is -0.0133. The van der Waals surface area contributed by atoms with E-state index in [2.05, 4.69) is 4.98 Å². The predicted molar refractivity (Wildman–Crippen MR) is 87.7 cm³/mol. The Morgan fingerprint density at radius 3 is 2.88 bits per heavy atom. The fraction of sp³-hybridized carbons (Fsp3) is 0.444. The molecule has 1 saturated heterocycles. The number of carbonyl (C=O) groups is 1. The number of carbonyl (C=O) groups excluding carboxylic acids is 1. The Kier molecular flexibility index (Phi) is 5.61. The van der Waals surface area contributed by atoms with Crippen LogP contribution in [0.25, 0.3) is 0 Å². The Morgan fingerprint density at radius 1 is 1.33 bits per heavy atom. The van der Waals surface area contributed by atoms with E-state index in [1.54, 1.807) is 25.6 Å². The minimum absolute atomic E-state index is 0.00386. The Balaban J connectivity index is 1.75. The summed E-state index contributed by atoms with van der Waals surface area (Å²) in [6.07, 6.45) is 8.12. The lowest BCUT2D eigenvalue weighted by Crippen LogP contribution is -2.42. The van der Waals surface area contributed by atoms with E-state index in [1.807, 2.05) is 17.0 Å². The molecule has 0 N–H and O–H groups in total. The molecule has 0 spiro atoms. The molecule has 128 valence electrons. The maximum absolute atomic E-state index is 12.8. The van der Waals surface area contributed by atoms with Crippen molar-refractivity contribution in [1.29, 1.82) is 0 Å². The molecule has 24 heavy (non-hydrogen) atoms. The molecule has 6 heteroatoms. The smallest absolute Gasteiger partial charge is 0.257 e. The Morgan fingerprint density at radius 2 is 2.17 bits per heavy atom. The molecular formula is C18H22N2O4. The number of hydrogen-bond donors (Lipinski definition) is 0. The topological polar surface area (TPSA) is 64.8 Å². The predicted octanol–water partition coefficient (Wildman–Crippen LogP) is 2.16. The molecule has 2 aromatic heterocycles. The second-order valence-electron chi connectivity index (χ2n) is 5.83. The number of ether oxygens (including phenoxy) is 2. The van der Waals surface area contributed by atoms with Crippen LogP contribution in [0.5, 0.6) is 0 Å². The molecule has 6 nitrogen and oxygen atoms in total. The van der Waals surface area contributed by atoms with Crippen LogP contribution in [0.1, 0.15) is 22.3 Å². The summed E-state index contributed by atoms with van der Waals surface area (Å²) in [5.41, 5.74) is 1.72.